The van der Waals surface area contributed by atoms with Gasteiger partial charge in [-0.3, -0.25) is 14.9 Å². The number of likely N-dealkylation sites (N-methyl/N-ethyl adjacent to an activating group) is 1. The fraction of sp³-hybridized carbons (Fsp3) is 0.167. The van der Waals surface area contributed by atoms with Crippen molar-refractivity contribution in [2.75, 3.05) is 14.1 Å². The summed E-state index contributed by atoms with van der Waals surface area (Å²) in [6, 6.07) is 3.36. The molecule has 1 amide bonds. The molecule has 9 heteroatoms. The number of hydrogen-bond acceptors (Lipinski definition) is 6. The molecule has 2 N–H and O–H groups in total. The average Bonchev–Trinajstić information content (AvgIpc) is 2.41. The maximum atomic E-state index is 11.7. The van der Waals surface area contributed by atoms with E-state index in [1.54, 1.807) is 0 Å². The molecule has 0 aromatic heterocycles. The summed E-state index contributed by atoms with van der Waals surface area (Å²) in [5.74, 6) is -2.31. The zero-order valence-electron chi connectivity index (χ0n) is 11.0. The van der Waals surface area contributed by atoms with Gasteiger partial charge in [-0.1, -0.05) is 11.6 Å². The van der Waals surface area contributed by atoms with Crippen LogP contribution in [-0.4, -0.2) is 40.0 Å². The number of amides is 1. The number of carbonyl (C=O) groups is 1. The third-order valence-corrected chi connectivity index (χ3v) is 2.77. The van der Waals surface area contributed by atoms with Gasteiger partial charge < -0.3 is 15.1 Å². The summed E-state index contributed by atoms with van der Waals surface area (Å²) in [6.07, 6.45) is 0. The van der Waals surface area contributed by atoms with E-state index in [-0.39, 0.29) is 10.6 Å². The number of nitrogens with zero attached hydrogens (tertiary/aromatic N) is 3. The minimum Gasteiger partial charge on any atom is -0.506 e. The van der Waals surface area contributed by atoms with Crippen molar-refractivity contribution >= 4 is 29.0 Å². The van der Waals surface area contributed by atoms with Crippen molar-refractivity contribution in [3.8, 4) is 11.8 Å². The minimum atomic E-state index is -0.905. The summed E-state index contributed by atoms with van der Waals surface area (Å²) >= 11 is 5.63. The number of nitro groups is 1. The lowest BCUT2D eigenvalue weighted by Gasteiger charge is -2.11. The quantitative estimate of drug-likeness (QED) is 0.288. The number of carbonyl (C=O) groups excluding carboxylic acids is 1. The molecular weight excluding hydrogens is 302 g/mol. The van der Waals surface area contributed by atoms with Gasteiger partial charge in [-0.2, -0.15) is 5.26 Å². The number of aliphatic hydroxyl groups excluding tert-OH is 1. The molecule has 1 aromatic carbocycles. The van der Waals surface area contributed by atoms with Gasteiger partial charge in [0.15, 0.2) is 5.57 Å². The second kappa shape index (κ2) is 6.11. The van der Waals surface area contributed by atoms with E-state index in [1.807, 2.05) is 0 Å². The molecule has 0 saturated carbocycles. The van der Waals surface area contributed by atoms with Crippen molar-refractivity contribution in [2.24, 2.45) is 0 Å². The average molecular weight is 312 g/mol. The number of rotatable bonds is 3. The van der Waals surface area contributed by atoms with E-state index in [0.29, 0.717) is 0 Å². The lowest BCUT2D eigenvalue weighted by Crippen LogP contribution is -2.23. The van der Waals surface area contributed by atoms with Crippen LogP contribution in [0.4, 0.5) is 5.69 Å². The second-order valence-corrected chi connectivity index (χ2v) is 4.53. The van der Waals surface area contributed by atoms with Crippen molar-refractivity contribution in [1.29, 1.82) is 5.26 Å². The van der Waals surface area contributed by atoms with Crippen LogP contribution in [0, 0.1) is 21.4 Å². The zero-order valence-corrected chi connectivity index (χ0v) is 11.7. The van der Waals surface area contributed by atoms with Gasteiger partial charge in [0.2, 0.25) is 5.75 Å². The molecule has 110 valence electrons. The smallest absolute Gasteiger partial charge is 0.313 e. The molecular formula is C12H10ClN3O5. The summed E-state index contributed by atoms with van der Waals surface area (Å²) in [4.78, 5) is 22.7. The summed E-state index contributed by atoms with van der Waals surface area (Å²) in [7, 11) is 2.75. The van der Waals surface area contributed by atoms with E-state index in [2.05, 4.69) is 0 Å². The highest BCUT2D eigenvalue weighted by atomic mass is 35.5. The third kappa shape index (κ3) is 3.21. The van der Waals surface area contributed by atoms with E-state index in [0.717, 1.165) is 17.0 Å². The molecule has 21 heavy (non-hydrogen) atoms. The van der Waals surface area contributed by atoms with Gasteiger partial charge in [-0.15, -0.1) is 0 Å². The van der Waals surface area contributed by atoms with Crippen molar-refractivity contribution in [3.63, 3.8) is 0 Å². The van der Waals surface area contributed by atoms with Crippen molar-refractivity contribution in [1.82, 2.24) is 4.90 Å². The predicted octanol–water partition coefficient (Wildman–Crippen LogP) is 1.83. The van der Waals surface area contributed by atoms with Crippen LogP contribution in [0.3, 0.4) is 0 Å². The molecule has 0 radical (unpaired) electrons. The van der Waals surface area contributed by atoms with E-state index in [4.69, 9.17) is 16.9 Å². The van der Waals surface area contributed by atoms with E-state index >= 15 is 0 Å². The number of aliphatic hydroxyl groups is 1. The Morgan fingerprint density at radius 3 is 2.48 bits per heavy atom. The Kier molecular flexibility index (Phi) is 4.73. The molecule has 0 aliphatic heterocycles. The Balaban J connectivity index is 3.56. The SMILES string of the molecule is CN(C)C(=O)/C(C#N)=C(\O)c1cc(Cl)c(O)c([N+](=O)[O-])c1. The molecule has 0 bridgehead atoms. The summed E-state index contributed by atoms with van der Waals surface area (Å²) < 4.78 is 0. The van der Waals surface area contributed by atoms with Gasteiger partial charge in [-0.05, 0) is 6.07 Å². The topological polar surface area (TPSA) is 128 Å². The van der Waals surface area contributed by atoms with Crippen LogP contribution >= 0.6 is 11.6 Å². The summed E-state index contributed by atoms with van der Waals surface area (Å²) in [6.45, 7) is 0. The number of benzene rings is 1. The number of nitriles is 1. The first-order valence-electron chi connectivity index (χ1n) is 5.43. The Bertz CT molecular complexity index is 691. The Hall–Kier alpha value is -2.79. The van der Waals surface area contributed by atoms with Crippen LogP contribution in [-0.2, 0) is 4.79 Å². The van der Waals surface area contributed by atoms with Crippen LogP contribution in [0.15, 0.2) is 17.7 Å². The number of hydrogen-bond donors (Lipinski definition) is 2. The van der Waals surface area contributed by atoms with Crippen LogP contribution < -0.4 is 0 Å². The number of aromatic hydroxyl groups is 1. The Labute approximate surface area is 124 Å². The molecule has 0 spiro atoms. The summed E-state index contributed by atoms with van der Waals surface area (Å²) in [5, 5.41) is 38.8. The highest BCUT2D eigenvalue weighted by Crippen LogP contribution is 2.36. The molecule has 0 fully saturated rings. The zero-order chi connectivity index (χ0) is 16.3. The molecule has 1 aromatic rings. The van der Waals surface area contributed by atoms with E-state index < -0.39 is 33.6 Å². The maximum Gasteiger partial charge on any atom is 0.313 e. The standard InChI is InChI=1S/C12H10ClN3O5/c1-15(2)12(19)7(5-14)10(17)6-3-8(13)11(18)9(4-6)16(20)21/h3-4,17-18H,1-2H3/b10-7-. The molecule has 1 rings (SSSR count). The monoisotopic (exact) mass is 311 g/mol. The first kappa shape index (κ1) is 16.3. The molecule has 0 atom stereocenters. The molecule has 0 aliphatic carbocycles. The predicted molar refractivity (Wildman–Crippen MR) is 73.6 cm³/mol. The van der Waals surface area contributed by atoms with Crippen LogP contribution in [0.5, 0.6) is 5.75 Å². The van der Waals surface area contributed by atoms with Gasteiger partial charge in [0.1, 0.15) is 11.8 Å². The highest BCUT2D eigenvalue weighted by molar-refractivity contribution is 6.32. The van der Waals surface area contributed by atoms with Crippen LogP contribution in [0.2, 0.25) is 5.02 Å². The lowest BCUT2D eigenvalue weighted by atomic mass is 10.1. The number of phenols is 1. The Morgan fingerprint density at radius 2 is 2.05 bits per heavy atom. The fourth-order valence-electron chi connectivity index (χ4n) is 1.43. The Morgan fingerprint density at radius 1 is 1.48 bits per heavy atom. The van der Waals surface area contributed by atoms with E-state index in [1.165, 1.54) is 20.2 Å². The van der Waals surface area contributed by atoms with Gasteiger partial charge in [0.05, 0.1) is 9.95 Å². The first-order chi connectivity index (χ1) is 9.70. The van der Waals surface area contributed by atoms with Gasteiger partial charge in [0, 0.05) is 25.7 Å². The van der Waals surface area contributed by atoms with Gasteiger partial charge in [-0.25, -0.2) is 0 Å². The van der Waals surface area contributed by atoms with E-state index in [9.17, 15) is 25.1 Å². The molecule has 0 aliphatic rings. The van der Waals surface area contributed by atoms with Crippen molar-refractivity contribution < 1.29 is 19.9 Å². The molecule has 8 nitrogen and oxygen atoms in total. The normalized spacial score (nSPS) is 11.3. The maximum absolute atomic E-state index is 11.7. The van der Waals surface area contributed by atoms with Gasteiger partial charge >= 0.3 is 5.69 Å². The minimum absolute atomic E-state index is 0.226. The number of halogens is 1. The lowest BCUT2D eigenvalue weighted by molar-refractivity contribution is -0.385. The van der Waals surface area contributed by atoms with Crippen molar-refractivity contribution in [2.45, 2.75) is 0 Å². The summed E-state index contributed by atoms with van der Waals surface area (Å²) in [5.41, 5.74) is -1.58. The third-order valence-electron chi connectivity index (χ3n) is 2.48. The largest absolute Gasteiger partial charge is 0.506 e. The number of phenolic OH excluding ortho intramolecular Hbond substituents is 1. The highest BCUT2D eigenvalue weighted by Gasteiger charge is 2.23. The molecule has 0 saturated heterocycles. The second-order valence-electron chi connectivity index (χ2n) is 4.12. The molecule has 0 unspecified atom stereocenters. The van der Waals surface area contributed by atoms with Crippen LogP contribution in [0.25, 0.3) is 5.76 Å². The molecule has 0 heterocycles. The number of nitro benzene ring substituents is 1. The van der Waals surface area contributed by atoms with Gasteiger partial charge in [0.25, 0.3) is 5.91 Å². The van der Waals surface area contributed by atoms with Crippen molar-refractivity contribution in [3.05, 3.63) is 38.4 Å². The fourth-order valence-corrected chi connectivity index (χ4v) is 1.64. The van der Waals surface area contributed by atoms with Crippen LogP contribution in [0.1, 0.15) is 5.56 Å². The first-order valence-corrected chi connectivity index (χ1v) is 5.80.